The van der Waals surface area contributed by atoms with Crippen LogP contribution in [-0.4, -0.2) is 54.4 Å². The van der Waals surface area contributed by atoms with E-state index >= 15 is 0 Å². The molecule has 2 aliphatic rings. The average Bonchev–Trinajstić information content (AvgIpc) is 2.54. The van der Waals surface area contributed by atoms with E-state index < -0.39 is 0 Å². The number of aliphatic hydroxyl groups is 1. The summed E-state index contributed by atoms with van der Waals surface area (Å²) in [5, 5.41) is 15.2. The Hall–Kier alpha value is -0.810. The monoisotopic (exact) mass is 311 g/mol. The van der Waals surface area contributed by atoms with Crippen LogP contribution >= 0.6 is 0 Å². The number of hydrogen-bond acceptors (Lipinski definition) is 3. The average molecular weight is 311 g/mol. The first kappa shape index (κ1) is 17.5. The molecule has 1 atom stereocenters. The molecule has 1 saturated carbocycles. The lowest BCUT2D eigenvalue weighted by atomic mass is 9.87. The van der Waals surface area contributed by atoms with E-state index in [1.165, 1.54) is 12.8 Å². The summed E-state index contributed by atoms with van der Waals surface area (Å²) in [7, 11) is 0. The number of nitrogens with one attached hydrogen (secondary N) is 2. The van der Waals surface area contributed by atoms with E-state index in [1.54, 1.807) is 0 Å². The number of hydrogen-bond donors (Lipinski definition) is 3. The molecule has 0 aromatic carbocycles. The normalized spacial score (nSPS) is 29.0. The number of urea groups is 1. The summed E-state index contributed by atoms with van der Waals surface area (Å²) in [6, 6.07) is 0.641. The third kappa shape index (κ3) is 5.43. The van der Waals surface area contributed by atoms with E-state index in [2.05, 4.69) is 29.4 Å². The fourth-order valence-corrected chi connectivity index (χ4v) is 3.56. The van der Waals surface area contributed by atoms with Crippen molar-refractivity contribution in [1.29, 1.82) is 0 Å². The van der Waals surface area contributed by atoms with Gasteiger partial charge in [0.1, 0.15) is 0 Å². The maximum absolute atomic E-state index is 12.0. The summed E-state index contributed by atoms with van der Waals surface area (Å²) >= 11 is 0. The highest BCUT2D eigenvalue weighted by Crippen LogP contribution is 2.23. The zero-order valence-corrected chi connectivity index (χ0v) is 14.2. The molecule has 0 radical (unpaired) electrons. The topological polar surface area (TPSA) is 64.6 Å². The van der Waals surface area contributed by atoms with Crippen molar-refractivity contribution in [3.8, 4) is 0 Å². The van der Waals surface area contributed by atoms with Crippen molar-refractivity contribution in [2.45, 2.75) is 64.5 Å². The minimum atomic E-state index is -0.0373. The molecule has 22 heavy (non-hydrogen) atoms. The zero-order chi connectivity index (χ0) is 15.9. The Balaban J connectivity index is 1.61. The van der Waals surface area contributed by atoms with Gasteiger partial charge in [0.15, 0.2) is 0 Å². The van der Waals surface area contributed by atoms with Crippen LogP contribution in [0.15, 0.2) is 0 Å². The molecular formula is C17H33N3O2. The molecule has 2 fully saturated rings. The minimum absolute atomic E-state index is 0.0373. The number of amides is 2. The van der Waals surface area contributed by atoms with E-state index in [0.29, 0.717) is 18.5 Å². The summed E-state index contributed by atoms with van der Waals surface area (Å²) in [6.07, 6.45) is 6.54. The van der Waals surface area contributed by atoms with E-state index in [9.17, 15) is 4.79 Å². The Morgan fingerprint density at radius 2 is 1.82 bits per heavy atom. The van der Waals surface area contributed by atoms with E-state index in [-0.39, 0.29) is 18.7 Å². The maximum atomic E-state index is 12.0. The molecule has 0 spiro atoms. The SMILES string of the molecule is CC1CCN(C(C)CNC(=O)NC2CCC(CO)CC2)CC1. The second-order valence-corrected chi connectivity index (χ2v) is 7.32. The Morgan fingerprint density at radius 1 is 1.18 bits per heavy atom. The summed E-state index contributed by atoms with van der Waals surface area (Å²) < 4.78 is 0. The molecule has 1 saturated heterocycles. The Bertz CT molecular complexity index is 335. The van der Waals surface area contributed by atoms with Gasteiger partial charge in [0.2, 0.25) is 0 Å². The highest BCUT2D eigenvalue weighted by molar-refractivity contribution is 5.74. The second kappa shape index (κ2) is 8.73. The highest BCUT2D eigenvalue weighted by atomic mass is 16.3. The fraction of sp³-hybridized carbons (Fsp3) is 0.941. The quantitative estimate of drug-likeness (QED) is 0.727. The van der Waals surface area contributed by atoms with Gasteiger partial charge in [0, 0.05) is 25.2 Å². The molecule has 3 N–H and O–H groups in total. The first-order chi connectivity index (χ1) is 10.6. The molecule has 1 aliphatic carbocycles. The fourth-order valence-electron chi connectivity index (χ4n) is 3.56. The Morgan fingerprint density at radius 3 is 2.41 bits per heavy atom. The van der Waals surface area contributed by atoms with Gasteiger partial charge in [-0.05, 0) is 70.4 Å². The van der Waals surface area contributed by atoms with Crippen LogP contribution in [0.2, 0.25) is 0 Å². The summed E-state index contributed by atoms with van der Waals surface area (Å²) in [4.78, 5) is 14.5. The lowest BCUT2D eigenvalue weighted by Gasteiger charge is -2.35. The van der Waals surface area contributed by atoms with Gasteiger partial charge in [-0.1, -0.05) is 6.92 Å². The second-order valence-electron chi connectivity index (χ2n) is 7.32. The van der Waals surface area contributed by atoms with Gasteiger partial charge in [-0.15, -0.1) is 0 Å². The third-order valence-electron chi connectivity index (χ3n) is 5.44. The summed E-state index contributed by atoms with van der Waals surface area (Å²) in [5.74, 6) is 1.27. The predicted molar refractivity (Wildman–Crippen MR) is 88.8 cm³/mol. The zero-order valence-electron chi connectivity index (χ0n) is 14.2. The van der Waals surface area contributed by atoms with Crippen LogP contribution in [0.5, 0.6) is 0 Å². The number of aliphatic hydroxyl groups excluding tert-OH is 1. The van der Waals surface area contributed by atoms with Crippen molar-refractivity contribution in [1.82, 2.24) is 15.5 Å². The van der Waals surface area contributed by atoms with Gasteiger partial charge in [0.25, 0.3) is 0 Å². The first-order valence-electron chi connectivity index (χ1n) is 8.97. The number of likely N-dealkylation sites (tertiary alicyclic amines) is 1. The standard InChI is InChI=1S/C17H33N3O2/c1-13-7-9-20(10-8-13)14(2)11-18-17(22)19-16-5-3-15(12-21)4-6-16/h13-16,21H,3-12H2,1-2H3,(H2,18,19,22). The van der Waals surface area contributed by atoms with Gasteiger partial charge in [-0.3, -0.25) is 4.90 Å². The van der Waals surface area contributed by atoms with Crippen LogP contribution in [0.3, 0.4) is 0 Å². The van der Waals surface area contributed by atoms with E-state index in [4.69, 9.17) is 5.11 Å². The molecule has 1 unspecified atom stereocenters. The van der Waals surface area contributed by atoms with Crippen LogP contribution < -0.4 is 10.6 Å². The molecule has 1 aliphatic heterocycles. The predicted octanol–water partition coefficient (Wildman–Crippen LogP) is 1.96. The van der Waals surface area contributed by atoms with Crippen molar-refractivity contribution >= 4 is 6.03 Å². The molecule has 5 nitrogen and oxygen atoms in total. The molecule has 0 aromatic heterocycles. The van der Waals surface area contributed by atoms with Gasteiger partial charge in [-0.2, -0.15) is 0 Å². The Labute approximate surface area is 134 Å². The summed E-state index contributed by atoms with van der Waals surface area (Å²) in [5.41, 5.74) is 0. The molecule has 0 bridgehead atoms. The Kier molecular flexibility index (Phi) is 6.96. The number of carbonyl (C=O) groups is 1. The lowest BCUT2D eigenvalue weighted by Crippen LogP contribution is -2.49. The van der Waals surface area contributed by atoms with Gasteiger partial charge in [-0.25, -0.2) is 4.79 Å². The van der Waals surface area contributed by atoms with Crippen LogP contribution in [0, 0.1) is 11.8 Å². The lowest BCUT2D eigenvalue weighted by molar-refractivity contribution is 0.144. The van der Waals surface area contributed by atoms with Gasteiger partial charge < -0.3 is 15.7 Å². The number of nitrogens with zero attached hydrogens (tertiary/aromatic N) is 1. The van der Waals surface area contributed by atoms with Crippen molar-refractivity contribution in [3.63, 3.8) is 0 Å². The third-order valence-corrected chi connectivity index (χ3v) is 5.44. The first-order valence-corrected chi connectivity index (χ1v) is 8.97. The molecular weight excluding hydrogens is 278 g/mol. The van der Waals surface area contributed by atoms with E-state index in [1.807, 2.05) is 0 Å². The van der Waals surface area contributed by atoms with Crippen molar-refractivity contribution < 1.29 is 9.90 Å². The smallest absolute Gasteiger partial charge is 0.315 e. The molecule has 0 aromatic rings. The molecule has 1 heterocycles. The van der Waals surface area contributed by atoms with Gasteiger partial charge in [0.05, 0.1) is 0 Å². The van der Waals surface area contributed by atoms with Crippen LogP contribution in [-0.2, 0) is 0 Å². The van der Waals surface area contributed by atoms with Crippen molar-refractivity contribution in [2.24, 2.45) is 11.8 Å². The number of rotatable bonds is 5. The number of piperidine rings is 1. The highest BCUT2D eigenvalue weighted by Gasteiger charge is 2.23. The van der Waals surface area contributed by atoms with Crippen molar-refractivity contribution in [3.05, 3.63) is 0 Å². The maximum Gasteiger partial charge on any atom is 0.315 e. The molecule has 128 valence electrons. The van der Waals surface area contributed by atoms with E-state index in [0.717, 1.165) is 44.7 Å². The van der Waals surface area contributed by atoms with Gasteiger partial charge >= 0.3 is 6.03 Å². The molecule has 2 amide bonds. The minimum Gasteiger partial charge on any atom is -0.396 e. The molecule has 2 rings (SSSR count). The van der Waals surface area contributed by atoms with Crippen LogP contribution in [0.4, 0.5) is 4.79 Å². The van der Waals surface area contributed by atoms with Crippen LogP contribution in [0.25, 0.3) is 0 Å². The van der Waals surface area contributed by atoms with Crippen LogP contribution in [0.1, 0.15) is 52.4 Å². The largest absolute Gasteiger partial charge is 0.396 e. The number of carbonyl (C=O) groups excluding carboxylic acids is 1. The summed E-state index contributed by atoms with van der Waals surface area (Å²) in [6.45, 7) is 7.81. The molecule has 5 heteroatoms. The van der Waals surface area contributed by atoms with Crippen molar-refractivity contribution in [2.75, 3.05) is 26.2 Å².